The highest BCUT2D eigenvalue weighted by molar-refractivity contribution is 5.89. The first-order valence-corrected chi connectivity index (χ1v) is 10.6. The number of aliphatic carboxylic acids is 1. The van der Waals surface area contributed by atoms with Crippen molar-refractivity contribution in [3.05, 3.63) is 71.3 Å². The summed E-state index contributed by atoms with van der Waals surface area (Å²) in [7, 11) is 0. The zero-order valence-corrected chi connectivity index (χ0v) is 18.8. The summed E-state index contributed by atoms with van der Waals surface area (Å²) in [5.74, 6) is -2.22. The molecule has 7 nitrogen and oxygen atoms in total. The fourth-order valence-corrected chi connectivity index (χ4v) is 3.19. The van der Waals surface area contributed by atoms with Crippen molar-refractivity contribution in [2.75, 3.05) is 0 Å². The van der Waals surface area contributed by atoms with Crippen molar-refractivity contribution in [3.8, 4) is 0 Å². The largest absolute Gasteiger partial charge is 0.480 e. The Balaban J connectivity index is 2.06. The summed E-state index contributed by atoms with van der Waals surface area (Å²) in [5.41, 5.74) is -0.0753. The van der Waals surface area contributed by atoms with Crippen molar-refractivity contribution >= 4 is 18.0 Å². The molecule has 184 valence electrons. The number of carbonyl (C=O) groups is 3. The van der Waals surface area contributed by atoms with Crippen LogP contribution in [0, 0.1) is 5.92 Å². The van der Waals surface area contributed by atoms with Crippen molar-refractivity contribution in [2.24, 2.45) is 5.92 Å². The summed E-state index contributed by atoms with van der Waals surface area (Å²) in [6.45, 7) is 3.61. The van der Waals surface area contributed by atoms with Crippen molar-refractivity contribution in [3.63, 3.8) is 0 Å². The van der Waals surface area contributed by atoms with E-state index in [0.29, 0.717) is 0 Å². The number of amides is 2. The molecule has 2 rings (SSSR count). The topological polar surface area (TPSA) is 105 Å². The van der Waals surface area contributed by atoms with Gasteiger partial charge in [0.1, 0.15) is 18.7 Å². The van der Waals surface area contributed by atoms with Gasteiger partial charge in [-0.1, -0.05) is 62.4 Å². The van der Waals surface area contributed by atoms with Gasteiger partial charge in [0.25, 0.3) is 0 Å². The van der Waals surface area contributed by atoms with Crippen LogP contribution in [0.25, 0.3) is 0 Å². The highest BCUT2D eigenvalue weighted by atomic mass is 19.4. The molecule has 10 heteroatoms. The van der Waals surface area contributed by atoms with E-state index in [-0.39, 0.29) is 30.9 Å². The number of nitrogens with one attached hydrogen (secondary N) is 2. The van der Waals surface area contributed by atoms with Gasteiger partial charge in [0, 0.05) is 6.42 Å². The maximum absolute atomic E-state index is 13.0. The third-order valence-corrected chi connectivity index (χ3v) is 4.84. The minimum atomic E-state index is -4.58. The number of benzene rings is 2. The van der Waals surface area contributed by atoms with E-state index in [1.165, 1.54) is 12.1 Å². The van der Waals surface area contributed by atoms with Crippen LogP contribution in [0.3, 0.4) is 0 Å². The summed E-state index contributed by atoms with van der Waals surface area (Å²) in [4.78, 5) is 36.7. The third kappa shape index (κ3) is 8.76. The Hall–Kier alpha value is -3.56. The van der Waals surface area contributed by atoms with E-state index in [9.17, 15) is 32.7 Å². The van der Waals surface area contributed by atoms with Gasteiger partial charge < -0.3 is 20.5 Å². The van der Waals surface area contributed by atoms with E-state index in [4.69, 9.17) is 4.74 Å². The molecule has 0 saturated heterocycles. The first-order valence-electron chi connectivity index (χ1n) is 10.6. The second-order valence-electron chi connectivity index (χ2n) is 8.19. The lowest BCUT2D eigenvalue weighted by Crippen LogP contribution is -2.52. The standard InChI is InChI=1S/C24H27F3N2O5/c1-15(2)11-19(29-23(33)34-14-16-7-4-3-5-8-16)21(30)28-20(22(31)32)13-17-9-6-10-18(12-17)24(25,26)27/h3-10,12,15,19-20H,11,13-14H2,1-2H3,(H,28,30)(H,29,33)(H,31,32)/t19-,20-/m0/s1. The molecule has 0 fully saturated rings. The maximum Gasteiger partial charge on any atom is 0.416 e. The van der Waals surface area contributed by atoms with Gasteiger partial charge >= 0.3 is 18.2 Å². The van der Waals surface area contributed by atoms with Crippen molar-refractivity contribution < 1.29 is 37.4 Å². The van der Waals surface area contributed by atoms with Crippen LogP contribution in [0.2, 0.25) is 0 Å². The zero-order valence-electron chi connectivity index (χ0n) is 18.8. The molecule has 2 amide bonds. The van der Waals surface area contributed by atoms with Crippen LogP contribution in [0.5, 0.6) is 0 Å². The van der Waals surface area contributed by atoms with Crippen LogP contribution in [-0.4, -0.2) is 35.2 Å². The first-order chi connectivity index (χ1) is 16.0. The first kappa shape index (κ1) is 26.7. The number of alkyl halides is 3. The Kier molecular flexibility index (Phi) is 9.47. The number of alkyl carbamates (subject to hydrolysis) is 1. The molecule has 34 heavy (non-hydrogen) atoms. The van der Waals surface area contributed by atoms with Gasteiger partial charge in [0.15, 0.2) is 0 Å². The van der Waals surface area contributed by atoms with Crippen molar-refractivity contribution in [1.82, 2.24) is 10.6 Å². The van der Waals surface area contributed by atoms with E-state index in [2.05, 4.69) is 10.6 Å². The number of ether oxygens (including phenoxy) is 1. The molecule has 0 aliphatic heterocycles. The smallest absolute Gasteiger partial charge is 0.416 e. The molecule has 0 radical (unpaired) electrons. The molecular weight excluding hydrogens is 453 g/mol. The summed E-state index contributed by atoms with van der Waals surface area (Å²) in [5, 5.41) is 14.3. The highest BCUT2D eigenvalue weighted by Gasteiger charge is 2.31. The molecule has 3 N–H and O–H groups in total. The summed E-state index contributed by atoms with van der Waals surface area (Å²) in [6.07, 6.45) is -5.60. The van der Waals surface area contributed by atoms with Crippen LogP contribution >= 0.6 is 0 Å². The Labute approximate surface area is 195 Å². The van der Waals surface area contributed by atoms with Crippen LogP contribution in [0.4, 0.5) is 18.0 Å². The quantitative estimate of drug-likeness (QED) is 0.474. The molecule has 0 aliphatic carbocycles. The molecule has 0 saturated carbocycles. The number of rotatable bonds is 10. The average Bonchev–Trinajstić information content (AvgIpc) is 2.76. The van der Waals surface area contributed by atoms with Crippen LogP contribution < -0.4 is 10.6 Å². The normalized spacial score (nSPS) is 13.1. The maximum atomic E-state index is 13.0. The molecule has 0 bridgehead atoms. The molecule has 2 atom stereocenters. The predicted molar refractivity (Wildman–Crippen MR) is 118 cm³/mol. The van der Waals surface area contributed by atoms with Gasteiger partial charge in [0.05, 0.1) is 5.56 Å². The lowest BCUT2D eigenvalue weighted by Gasteiger charge is -2.23. The number of carboxylic acids is 1. The molecular formula is C24H27F3N2O5. The Morgan fingerprint density at radius 1 is 0.941 bits per heavy atom. The molecule has 0 aromatic heterocycles. The lowest BCUT2D eigenvalue weighted by molar-refractivity contribution is -0.142. The van der Waals surface area contributed by atoms with Gasteiger partial charge in [0.2, 0.25) is 5.91 Å². The lowest BCUT2D eigenvalue weighted by atomic mass is 10.0. The summed E-state index contributed by atoms with van der Waals surface area (Å²) in [6, 6.07) is 10.5. The number of halogens is 3. The molecule has 2 aromatic carbocycles. The van der Waals surface area contributed by atoms with Gasteiger partial charge in [-0.15, -0.1) is 0 Å². The van der Waals surface area contributed by atoms with E-state index in [1.807, 2.05) is 19.9 Å². The minimum absolute atomic E-state index is 0.0179. The summed E-state index contributed by atoms with van der Waals surface area (Å²) >= 11 is 0. The van der Waals surface area contributed by atoms with Gasteiger partial charge in [-0.25, -0.2) is 9.59 Å². The monoisotopic (exact) mass is 480 g/mol. The Bertz CT molecular complexity index is 980. The van der Waals surface area contributed by atoms with E-state index in [0.717, 1.165) is 17.7 Å². The van der Waals surface area contributed by atoms with Gasteiger partial charge in [-0.05, 0) is 29.5 Å². The number of hydrogen-bond donors (Lipinski definition) is 3. The van der Waals surface area contributed by atoms with E-state index < -0.39 is 41.8 Å². The molecule has 2 aromatic rings. The van der Waals surface area contributed by atoms with Crippen LogP contribution in [0.1, 0.15) is 37.0 Å². The van der Waals surface area contributed by atoms with Crippen LogP contribution in [0.15, 0.2) is 54.6 Å². The summed E-state index contributed by atoms with van der Waals surface area (Å²) < 4.78 is 44.0. The van der Waals surface area contributed by atoms with Gasteiger partial charge in [-0.3, -0.25) is 4.79 Å². The molecule has 0 spiro atoms. The number of carbonyl (C=O) groups excluding carboxylic acids is 2. The predicted octanol–water partition coefficient (Wildman–Crippen LogP) is 4.16. The second-order valence-corrected chi connectivity index (χ2v) is 8.19. The third-order valence-electron chi connectivity index (χ3n) is 4.84. The minimum Gasteiger partial charge on any atom is -0.480 e. The average molecular weight is 480 g/mol. The SMILES string of the molecule is CC(C)C[C@H](NC(=O)OCc1ccccc1)C(=O)N[C@@H](Cc1cccc(C(F)(F)F)c1)C(=O)O. The Morgan fingerprint density at radius 3 is 2.18 bits per heavy atom. The number of carboxylic acid groups (broad SMARTS) is 1. The van der Waals surface area contributed by atoms with E-state index in [1.54, 1.807) is 24.3 Å². The van der Waals surface area contributed by atoms with Crippen LogP contribution in [-0.2, 0) is 33.5 Å². The fourth-order valence-electron chi connectivity index (χ4n) is 3.19. The highest BCUT2D eigenvalue weighted by Crippen LogP contribution is 2.29. The van der Waals surface area contributed by atoms with E-state index >= 15 is 0 Å². The Morgan fingerprint density at radius 2 is 1.59 bits per heavy atom. The zero-order chi connectivity index (χ0) is 25.3. The fraction of sp³-hybridized carbons (Fsp3) is 0.375. The molecule has 0 heterocycles. The number of hydrogen-bond acceptors (Lipinski definition) is 4. The van der Waals surface area contributed by atoms with Crippen molar-refractivity contribution in [1.29, 1.82) is 0 Å². The second kappa shape index (κ2) is 12.1. The van der Waals surface area contributed by atoms with Gasteiger partial charge in [-0.2, -0.15) is 13.2 Å². The van der Waals surface area contributed by atoms with Crippen molar-refractivity contribution in [2.45, 2.75) is 51.6 Å². The molecule has 0 aliphatic rings. The molecule has 0 unspecified atom stereocenters.